The molecule has 6 nitrogen and oxygen atoms in total. The van der Waals surface area contributed by atoms with Crippen LogP contribution in [0.15, 0.2) is 89.7 Å². The molecule has 1 fully saturated rings. The number of carbonyl (C=O) groups is 1. The number of aliphatic hydroxyl groups is 1. The standard InChI is InChI=1S/C45H62N2O4Si/c1-11-13-31(3)46(37-23-27-39(50-8)28-24-37)35-19-15-33(16-20-35)41-43(48)42(44(41)49)34-17-21-36(22-18-34)47(32(4)14-12-2)38-25-29-40(30-26-38)51-52(9,10)45(5,6)7/h15-24,27-28,31-32,38,40H,11-14,25-26,29-30H2,1-10H3/p+1. The Morgan fingerprint density at radius 1 is 0.846 bits per heavy atom. The van der Waals surface area contributed by atoms with E-state index in [1.54, 1.807) is 7.11 Å². The second kappa shape index (κ2) is 16.5. The lowest BCUT2D eigenvalue weighted by atomic mass is 9.80. The molecule has 2 unspecified atom stereocenters. The van der Waals surface area contributed by atoms with Crippen molar-refractivity contribution in [2.24, 2.45) is 0 Å². The van der Waals surface area contributed by atoms with Gasteiger partial charge in [0.1, 0.15) is 11.5 Å². The van der Waals surface area contributed by atoms with E-state index < -0.39 is 8.32 Å². The van der Waals surface area contributed by atoms with Gasteiger partial charge in [0.25, 0.3) is 0 Å². The molecule has 2 atom stereocenters. The summed E-state index contributed by atoms with van der Waals surface area (Å²) in [4.78, 5) is 15.9. The SMILES string of the molecule is CCCC(C)N(c1ccc(OC)cc1)c1ccc(C2=C(O)C(=C3C=CC(=[N+](C(C)CCC)C4CCC(O[Si](C)(C)C(C)(C)C)CC4)C=C3)C2=O)cc1. The van der Waals surface area contributed by atoms with Gasteiger partial charge in [-0.3, -0.25) is 4.79 Å². The van der Waals surface area contributed by atoms with E-state index in [9.17, 15) is 9.90 Å². The Balaban J connectivity index is 1.35. The molecule has 3 aliphatic rings. The molecule has 1 saturated carbocycles. The van der Waals surface area contributed by atoms with Gasteiger partial charge >= 0.3 is 0 Å². The second-order valence-electron chi connectivity index (χ2n) is 16.6. The van der Waals surface area contributed by atoms with Crippen LogP contribution >= 0.6 is 0 Å². The van der Waals surface area contributed by atoms with Gasteiger partial charge in [-0.15, -0.1) is 0 Å². The van der Waals surface area contributed by atoms with Gasteiger partial charge in [0.15, 0.2) is 26.1 Å². The predicted octanol–water partition coefficient (Wildman–Crippen LogP) is 11.3. The summed E-state index contributed by atoms with van der Waals surface area (Å²) in [5.41, 5.74) is 5.60. The fourth-order valence-electron chi connectivity index (χ4n) is 7.89. The molecule has 0 heterocycles. The molecule has 0 radical (unpaired) electrons. The Hall–Kier alpha value is -3.68. The highest BCUT2D eigenvalue weighted by molar-refractivity contribution is 6.74. The zero-order valence-corrected chi connectivity index (χ0v) is 34.5. The second-order valence-corrected chi connectivity index (χ2v) is 21.3. The third-order valence-electron chi connectivity index (χ3n) is 11.8. The van der Waals surface area contributed by atoms with Crippen molar-refractivity contribution in [3.63, 3.8) is 0 Å². The van der Waals surface area contributed by atoms with Crippen molar-refractivity contribution in [3.05, 3.63) is 95.3 Å². The number of hydrogen-bond donors (Lipinski definition) is 1. The minimum absolute atomic E-state index is 0.0770. The summed E-state index contributed by atoms with van der Waals surface area (Å²) in [5, 5.41) is 11.5. The summed E-state index contributed by atoms with van der Waals surface area (Å²) in [7, 11) is -0.119. The molecule has 5 rings (SSSR count). The molecule has 0 amide bonds. The van der Waals surface area contributed by atoms with Gasteiger partial charge in [-0.05, 0) is 117 Å². The molecule has 1 N–H and O–H groups in total. The summed E-state index contributed by atoms with van der Waals surface area (Å²) >= 11 is 0. The van der Waals surface area contributed by atoms with Crippen molar-refractivity contribution in [2.45, 2.75) is 142 Å². The van der Waals surface area contributed by atoms with E-state index in [-0.39, 0.29) is 22.6 Å². The van der Waals surface area contributed by atoms with E-state index in [0.29, 0.717) is 29.3 Å². The van der Waals surface area contributed by atoms with Gasteiger partial charge in [-0.1, -0.05) is 53.2 Å². The molecule has 7 heteroatoms. The normalized spacial score (nSPS) is 20.6. The Morgan fingerprint density at radius 3 is 1.90 bits per heavy atom. The largest absolute Gasteiger partial charge is 0.506 e. The van der Waals surface area contributed by atoms with Gasteiger partial charge in [0.2, 0.25) is 5.78 Å². The lowest BCUT2D eigenvalue weighted by molar-refractivity contribution is -0.601. The highest BCUT2D eigenvalue weighted by Gasteiger charge is 2.42. The van der Waals surface area contributed by atoms with Gasteiger partial charge in [-0.2, -0.15) is 0 Å². The lowest BCUT2D eigenvalue weighted by Gasteiger charge is -2.41. The first-order chi connectivity index (χ1) is 24.7. The summed E-state index contributed by atoms with van der Waals surface area (Å²) < 4.78 is 14.8. The van der Waals surface area contributed by atoms with Crippen molar-refractivity contribution in [1.29, 1.82) is 0 Å². The third kappa shape index (κ3) is 8.42. The van der Waals surface area contributed by atoms with Gasteiger partial charge in [-0.25, -0.2) is 4.58 Å². The summed E-state index contributed by atoms with van der Waals surface area (Å²) in [5.74, 6) is 0.789. The maximum atomic E-state index is 13.6. The number of ketones is 1. The first-order valence-corrected chi connectivity index (χ1v) is 22.6. The van der Waals surface area contributed by atoms with E-state index in [2.05, 4.69) is 95.3 Å². The molecule has 0 aliphatic heterocycles. The number of rotatable bonds is 13. The maximum absolute atomic E-state index is 13.6. The molecule has 2 aromatic rings. The Morgan fingerprint density at radius 2 is 1.40 bits per heavy atom. The number of nitrogens with zero attached hydrogens (tertiary/aromatic N) is 2. The van der Waals surface area contributed by atoms with Crippen molar-refractivity contribution in [2.75, 3.05) is 12.0 Å². The smallest absolute Gasteiger partial charge is 0.201 e. The summed E-state index contributed by atoms with van der Waals surface area (Å²) in [6.07, 6.45) is 17.5. The van der Waals surface area contributed by atoms with Gasteiger partial charge < -0.3 is 19.2 Å². The molecule has 280 valence electrons. The lowest BCUT2D eigenvalue weighted by Crippen LogP contribution is -2.46. The number of benzene rings is 2. The van der Waals surface area contributed by atoms with Crippen molar-refractivity contribution < 1.29 is 23.6 Å². The molecule has 0 aromatic heterocycles. The van der Waals surface area contributed by atoms with E-state index >= 15 is 0 Å². The molecule has 3 aliphatic carbocycles. The molecule has 0 saturated heterocycles. The molecule has 0 spiro atoms. The van der Waals surface area contributed by atoms with Gasteiger partial charge in [0, 0.05) is 54.9 Å². The Bertz CT molecular complexity index is 1710. The number of carbonyl (C=O) groups excluding carboxylic acids is 1. The molecule has 0 bridgehead atoms. The van der Waals surface area contributed by atoms with Crippen molar-refractivity contribution >= 4 is 36.8 Å². The number of ether oxygens (including phenoxy) is 1. The summed E-state index contributed by atoms with van der Waals surface area (Å²) in [6.45, 7) is 20.7. The number of allylic oxidation sites excluding steroid dienone is 7. The van der Waals surface area contributed by atoms with Crippen molar-refractivity contribution in [3.8, 4) is 5.75 Å². The fourth-order valence-corrected chi connectivity index (χ4v) is 9.31. The average Bonchev–Trinajstić information content (AvgIpc) is 3.11. The molecular weight excluding hydrogens is 661 g/mol. The fraction of sp³-hybridized carbons (Fsp3) is 0.511. The number of hydrogen-bond acceptors (Lipinski definition) is 5. The van der Waals surface area contributed by atoms with Crippen LogP contribution in [-0.2, 0) is 9.22 Å². The van der Waals surface area contributed by atoms with Crippen LogP contribution in [-0.4, -0.2) is 60.8 Å². The summed E-state index contributed by atoms with van der Waals surface area (Å²) in [6, 6.07) is 17.3. The molecule has 52 heavy (non-hydrogen) atoms. The number of aliphatic hydroxyl groups excluding tert-OH is 1. The van der Waals surface area contributed by atoms with E-state index in [4.69, 9.17) is 9.16 Å². The zero-order chi connectivity index (χ0) is 37.8. The van der Waals surface area contributed by atoms with Crippen LogP contribution in [0.1, 0.15) is 105 Å². The zero-order valence-electron chi connectivity index (χ0n) is 33.5. The third-order valence-corrected chi connectivity index (χ3v) is 16.3. The minimum Gasteiger partial charge on any atom is -0.506 e. The van der Waals surface area contributed by atoms with Crippen LogP contribution in [0.5, 0.6) is 5.75 Å². The first kappa shape index (κ1) is 39.5. The topological polar surface area (TPSA) is 62.0 Å². The highest BCUT2D eigenvalue weighted by atomic mass is 28.4. The maximum Gasteiger partial charge on any atom is 0.201 e. The number of Topliss-reactive ketones (excluding diaryl/α,β-unsaturated/α-hetero) is 1. The van der Waals surface area contributed by atoms with Crippen LogP contribution in [0, 0.1) is 0 Å². The van der Waals surface area contributed by atoms with Gasteiger partial charge in [0.05, 0.1) is 18.3 Å². The molecular formula is C45H63N2O4Si+. The number of methoxy groups -OCH3 is 1. The Labute approximate surface area is 314 Å². The van der Waals surface area contributed by atoms with Crippen LogP contribution in [0.4, 0.5) is 11.4 Å². The first-order valence-electron chi connectivity index (χ1n) is 19.7. The predicted molar refractivity (Wildman–Crippen MR) is 220 cm³/mol. The van der Waals surface area contributed by atoms with E-state index in [1.165, 1.54) is 5.71 Å². The average molecular weight is 724 g/mol. The van der Waals surface area contributed by atoms with Crippen molar-refractivity contribution in [1.82, 2.24) is 0 Å². The monoisotopic (exact) mass is 723 g/mol. The van der Waals surface area contributed by atoms with Crippen LogP contribution in [0.3, 0.4) is 0 Å². The number of anilines is 2. The van der Waals surface area contributed by atoms with Crippen LogP contribution < -0.4 is 9.64 Å². The molecule has 2 aromatic carbocycles. The minimum atomic E-state index is -1.80. The Kier molecular flexibility index (Phi) is 12.6. The van der Waals surface area contributed by atoms with E-state index in [0.717, 1.165) is 79.6 Å². The van der Waals surface area contributed by atoms with Crippen LogP contribution in [0.25, 0.3) is 5.57 Å². The highest BCUT2D eigenvalue weighted by Crippen LogP contribution is 2.41. The van der Waals surface area contributed by atoms with Crippen LogP contribution in [0.2, 0.25) is 18.1 Å². The quantitative estimate of drug-likeness (QED) is 0.127. The van der Waals surface area contributed by atoms with E-state index in [1.807, 2.05) is 48.6 Å².